The third kappa shape index (κ3) is 7.84. The first-order valence-corrected chi connectivity index (χ1v) is 22.8. The molecule has 1 amide bonds. The van der Waals surface area contributed by atoms with E-state index in [1.807, 2.05) is 36.5 Å². The van der Waals surface area contributed by atoms with E-state index in [0.29, 0.717) is 61.7 Å². The fourth-order valence-electron chi connectivity index (χ4n) is 13.2. The number of carboxylic acid groups (broad SMARTS) is 1. The highest BCUT2D eigenvalue weighted by Crippen LogP contribution is 2.58. The van der Waals surface area contributed by atoms with Gasteiger partial charge in [-0.2, -0.15) is 0 Å². The number of pyridine rings is 1. The lowest BCUT2D eigenvalue weighted by atomic mass is 9.53. The van der Waals surface area contributed by atoms with Crippen LogP contribution in [0.15, 0.2) is 54.7 Å². The molecule has 0 saturated heterocycles. The molecule has 0 aliphatic heterocycles. The number of fused-ring (bicyclic) bond motifs is 3. The first-order chi connectivity index (χ1) is 28.0. The average Bonchev–Trinajstić information content (AvgIpc) is 3.47. The first kappa shape index (κ1) is 39.7. The Balaban J connectivity index is 0.886. The maximum Gasteiger partial charge on any atom is 0.329 e. The highest BCUT2D eigenvalue weighted by molar-refractivity contribution is 6.30. The molecule has 9 heteroatoms. The number of aryl methyl sites for hydroxylation is 1. The van der Waals surface area contributed by atoms with Crippen molar-refractivity contribution >= 4 is 29.2 Å². The highest BCUT2D eigenvalue weighted by atomic mass is 35.5. The molecule has 1 spiro atoms. The third-order valence-electron chi connectivity index (χ3n) is 15.5. The zero-order valence-electron chi connectivity index (χ0n) is 34.5. The fraction of sp³-hybridized carbons (Fsp3) is 0.612. The van der Waals surface area contributed by atoms with Crippen molar-refractivity contribution in [3.05, 3.63) is 82.1 Å². The number of carboxylic acids is 1. The Morgan fingerprint density at radius 2 is 1.74 bits per heavy atom. The maximum absolute atomic E-state index is 13.2. The Hall–Kier alpha value is -3.78. The minimum absolute atomic E-state index is 0.0417. The number of nitrogens with one attached hydrogen (secondary N) is 2. The van der Waals surface area contributed by atoms with E-state index >= 15 is 0 Å². The maximum atomic E-state index is 13.2. The molecule has 5 fully saturated rings. The summed E-state index contributed by atoms with van der Waals surface area (Å²) in [5.41, 5.74) is 4.62. The molecule has 310 valence electrons. The van der Waals surface area contributed by atoms with Crippen LogP contribution in [0.4, 0.5) is 5.69 Å². The van der Waals surface area contributed by atoms with E-state index in [2.05, 4.69) is 47.7 Å². The summed E-state index contributed by atoms with van der Waals surface area (Å²) >= 11 is 6.32. The van der Waals surface area contributed by atoms with Crippen molar-refractivity contribution in [3.63, 3.8) is 0 Å². The molecule has 58 heavy (non-hydrogen) atoms. The number of hydrogen-bond acceptors (Lipinski definition) is 6. The largest absolute Gasteiger partial charge is 0.494 e. The molecule has 3 N–H and O–H groups in total. The number of ether oxygens (including phenoxy) is 2. The van der Waals surface area contributed by atoms with Crippen molar-refractivity contribution in [1.29, 1.82) is 0 Å². The zero-order chi connectivity index (χ0) is 40.1. The number of benzene rings is 2. The van der Waals surface area contributed by atoms with Crippen LogP contribution in [0.5, 0.6) is 11.5 Å². The Morgan fingerprint density at radius 1 is 0.983 bits per heavy atom. The number of halogens is 1. The number of hydrogen-bond donors (Lipinski definition) is 3. The van der Waals surface area contributed by atoms with Crippen LogP contribution in [0.3, 0.4) is 0 Å². The van der Waals surface area contributed by atoms with Gasteiger partial charge in [-0.15, -0.1) is 0 Å². The van der Waals surface area contributed by atoms with Crippen LogP contribution in [0.1, 0.15) is 138 Å². The summed E-state index contributed by atoms with van der Waals surface area (Å²) in [6.45, 7) is 5.70. The predicted octanol–water partition coefficient (Wildman–Crippen LogP) is 10.4. The van der Waals surface area contributed by atoms with Gasteiger partial charge in [-0.3, -0.25) is 9.78 Å². The Labute approximate surface area is 349 Å². The van der Waals surface area contributed by atoms with Crippen molar-refractivity contribution in [1.82, 2.24) is 10.3 Å². The number of amides is 1. The van der Waals surface area contributed by atoms with Crippen LogP contribution in [0.25, 0.3) is 0 Å². The van der Waals surface area contributed by atoms with Gasteiger partial charge in [0.05, 0.1) is 13.2 Å². The van der Waals surface area contributed by atoms with Gasteiger partial charge in [0.2, 0.25) is 5.91 Å². The molecule has 0 radical (unpaired) electrons. The van der Waals surface area contributed by atoms with Gasteiger partial charge in [-0.25, -0.2) is 4.79 Å². The number of nitrogens with zero attached hydrogens (tertiary/aromatic N) is 1. The van der Waals surface area contributed by atoms with Crippen LogP contribution in [0.2, 0.25) is 5.02 Å². The second-order valence-electron chi connectivity index (χ2n) is 19.7. The van der Waals surface area contributed by atoms with E-state index in [0.717, 1.165) is 67.0 Å². The average molecular weight is 809 g/mol. The molecule has 2 aromatic carbocycles. The molecular weight excluding hydrogens is 746 g/mol. The van der Waals surface area contributed by atoms with Crippen molar-refractivity contribution in [2.24, 2.45) is 29.6 Å². The SMILES string of the molecule is C[C@@H](COc1ccnc2c1[C@H](C)CCC2)CC1Cc2ccc(OCCCC(=O)NC34CC5CC(CC(C5)C3)C4)cc2C12CCC(Nc1cccc(Cl)c1)(C(=O)O)CC2. The fourth-order valence-corrected chi connectivity index (χ4v) is 13.4. The number of aromatic nitrogens is 1. The van der Waals surface area contributed by atoms with E-state index in [1.54, 1.807) is 0 Å². The lowest BCUT2D eigenvalue weighted by molar-refractivity contribution is -0.144. The number of carbonyl (C=O) groups excluding carboxylic acids is 1. The van der Waals surface area contributed by atoms with Crippen LogP contribution in [-0.2, 0) is 27.8 Å². The summed E-state index contributed by atoms with van der Waals surface area (Å²) < 4.78 is 13.0. The van der Waals surface area contributed by atoms with Gasteiger partial charge in [0.25, 0.3) is 0 Å². The minimum Gasteiger partial charge on any atom is -0.494 e. The molecule has 5 saturated carbocycles. The van der Waals surface area contributed by atoms with Gasteiger partial charge in [-0.05, 0) is 191 Å². The number of aliphatic carboxylic acids is 1. The topological polar surface area (TPSA) is 110 Å². The van der Waals surface area contributed by atoms with Gasteiger partial charge in [0.1, 0.15) is 17.0 Å². The summed E-state index contributed by atoms with van der Waals surface area (Å²) in [6.07, 6.45) is 18.5. The summed E-state index contributed by atoms with van der Waals surface area (Å²) in [5.74, 6) is 4.68. The monoisotopic (exact) mass is 807 g/mol. The molecule has 3 aromatic rings. The lowest BCUT2D eigenvalue weighted by Crippen LogP contribution is -2.59. The van der Waals surface area contributed by atoms with Crippen molar-refractivity contribution < 1.29 is 24.2 Å². The molecule has 1 aromatic heterocycles. The Morgan fingerprint density at radius 3 is 2.47 bits per heavy atom. The summed E-state index contributed by atoms with van der Waals surface area (Å²) in [6, 6.07) is 16.0. The van der Waals surface area contributed by atoms with E-state index in [9.17, 15) is 14.7 Å². The quantitative estimate of drug-likeness (QED) is 0.139. The molecule has 4 bridgehead atoms. The van der Waals surface area contributed by atoms with E-state index in [-0.39, 0.29) is 16.9 Å². The second kappa shape index (κ2) is 16.0. The summed E-state index contributed by atoms with van der Waals surface area (Å²) in [4.78, 5) is 31.0. The van der Waals surface area contributed by atoms with Crippen molar-refractivity contribution in [2.45, 2.75) is 145 Å². The number of rotatable bonds is 14. The van der Waals surface area contributed by atoms with Crippen LogP contribution < -0.4 is 20.1 Å². The normalized spacial score (nSPS) is 32.3. The molecule has 7 aliphatic carbocycles. The Kier molecular flexibility index (Phi) is 10.9. The van der Waals surface area contributed by atoms with E-state index in [1.165, 1.54) is 73.8 Å². The van der Waals surface area contributed by atoms with Crippen LogP contribution >= 0.6 is 11.6 Å². The highest BCUT2D eigenvalue weighted by Gasteiger charge is 2.55. The predicted molar refractivity (Wildman–Crippen MR) is 228 cm³/mol. The summed E-state index contributed by atoms with van der Waals surface area (Å²) in [7, 11) is 0. The van der Waals surface area contributed by atoms with Crippen LogP contribution in [0, 0.1) is 29.6 Å². The minimum atomic E-state index is -1.08. The first-order valence-electron chi connectivity index (χ1n) is 22.5. The zero-order valence-corrected chi connectivity index (χ0v) is 35.3. The van der Waals surface area contributed by atoms with Crippen LogP contribution in [-0.4, -0.2) is 46.3 Å². The standard InChI is InChI=1S/C49H62ClN3O5/c1-31(30-58-43-13-18-51-42-9-3-6-32(2)45(42)43)20-37-24-36-11-12-40(57-19-5-10-44(54)53-47-27-33-21-34(28-47)23-35(22-33)29-47)26-41(36)48(37)14-16-49(17-15-48,46(55)56)52-39-8-4-7-38(50)25-39/h4,7-8,11-13,18,25-26,31-35,37,52H,3,5-6,9-10,14-17,19-24,27-30H2,1-2H3,(H,53,54)(H,55,56)/t31-,32-,33?,34?,35?,37?,47?,48?,49?/m1/s1. The number of carbonyl (C=O) groups is 2. The molecular formula is C49H62ClN3O5. The number of anilines is 1. The molecule has 7 aliphatic rings. The molecule has 1 heterocycles. The Bertz CT molecular complexity index is 1970. The summed E-state index contributed by atoms with van der Waals surface area (Å²) in [5, 5.41) is 18.2. The van der Waals surface area contributed by atoms with E-state index in [4.69, 9.17) is 21.1 Å². The van der Waals surface area contributed by atoms with Gasteiger partial charge in [0, 0.05) is 40.1 Å². The lowest BCUT2D eigenvalue weighted by Gasteiger charge is -2.56. The van der Waals surface area contributed by atoms with Gasteiger partial charge in [-0.1, -0.05) is 37.6 Å². The van der Waals surface area contributed by atoms with Gasteiger partial charge >= 0.3 is 5.97 Å². The van der Waals surface area contributed by atoms with E-state index < -0.39 is 11.5 Å². The molecule has 3 atom stereocenters. The molecule has 1 unspecified atom stereocenters. The van der Waals surface area contributed by atoms with Crippen molar-refractivity contribution in [3.8, 4) is 11.5 Å². The second-order valence-corrected chi connectivity index (χ2v) is 20.1. The molecule has 10 rings (SSSR count). The molecule has 8 nitrogen and oxygen atoms in total. The van der Waals surface area contributed by atoms with Gasteiger partial charge < -0.3 is 25.2 Å². The smallest absolute Gasteiger partial charge is 0.329 e. The third-order valence-corrected chi connectivity index (χ3v) is 15.8. The van der Waals surface area contributed by atoms with Crippen molar-refractivity contribution in [2.75, 3.05) is 18.5 Å². The van der Waals surface area contributed by atoms with Gasteiger partial charge in [0.15, 0.2) is 0 Å².